The molecule has 8 nitrogen and oxygen atoms in total. The predicted molar refractivity (Wildman–Crippen MR) is 108 cm³/mol. The van der Waals surface area contributed by atoms with Crippen molar-refractivity contribution in [3.63, 3.8) is 0 Å². The highest BCUT2D eigenvalue weighted by atomic mass is 19.3. The van der Waals surface area contributed by atoms with E-state index < -0.39 is 18.4 Å². The van der Waals surface area contributed by atoms with Crippen LogP contribution in [0.4, 0.5) is 19.1 Å². The Kier molecular flexibility index (Phi) is 6.33. The lowest BCUT2D eigenvalue weighted by Crippen LogP contribution is -2.37. The Morgan fingerprint density at radius 2 is 1.88 bits per heavy atom. The first kappa shape index (κ1) is 21.7. The molecule has 1 N–H and O–H groups in total. The third-order valence-electron chi connectivity index (χ3n) is 5.12. The zero-order valence-electron chi connectivity index (χ0n) is 17.2. The molecule has 0 aliphatic heterocycles. The number of halogens is 3. The predicted octanol–water partition coefficient (Wildman–Crippen LogP) is 4.02. The van der Waals surface area contributed by atoms with Gasteiger partial charge in [0, 0.05) is 31.4 Å². The number of carbonyl (C=O) groups excluding carboxylic acids is 1. The molecular formula is C21H21F3N6O2. The third-order valence-corrected chi connectivity index (χ3v) is 5.12. The number of amides is 1. The van der Waals surface area contributed by atoms with Gasteiger partial charge in [0.2, 0.25) is 11.9 Å². The van der Waals surface area contributed by atoms with Crippen molar-refractivity contribution in [1.82, 2.24) is 25.1 Å². The summed E-state index contributed by atoms with van der Waals surface area (Å²) in [5.41, 5.74) is 1.05. The first-order valence-electron chi connectivity index (χ1n) is 10.2. The van der Waals surface area contributed by atoms with Gasteiger partial charge in [-0.2, -0.15) is 8.78 Å². The molecule has 1 aliphatic rings. The molecule has 168 valence electrons. The van der Waals surface area contributed by atoms with Crippen LogP contribution in [0, 0.1) is 11.7 Å². The average molecular weight is 446 g/mol. The summed E-state index contributed by atoms with van der Waals surface area (Å²) in [7, 11) is 0. The summed E-state index contributed by atoms with van der Waals surface area (Å²) in [6.07, 6.45) is 1.67. The van der Waals surface area contributed by atoms with E-state index in [0.29, 0.717) is 13.1 Å². The van der Waals surface area contributed by atoms with Crippen molar-refractivity contribution in [2.75, 3.05) is 18.4 Å². The summed E-state index contributed by atoms with van der Waals surface area (Å²) >= 11 is 0. The quantitative estimate of drug-likeness (QED) is 0.530. The first-order chi connectivity index (χ1) is 15.4. The Morgan fingerprint density at radius 1 is 1.19 bits per heavy atom. The minimum atomic E-state index is -2.87. The second-order valence-electron chi connectivity index (χ2n) is 7.44. The number of likely N-dealkylation sites (N-methyl/N-ethyl adjacent to an activating group) is 1. The van der Waals surface area contributed by atoms with Gasteiger partial charge in [0.15, 0.2) is 0 Å². The molecule has 1 saturated carbocycles. The zero-order valence-corrected chi connectivity index (χ0v) is 17.2. The number of anilines is 1. The van der Waals surface area contributed by atoms with Crippen LogP contribution in [0.1, 0.15) is 43.7 Å². The van der Waals surface area contributed by atoms with Crippen molar-refractivity contribution in [2.24, 2.45) is 5.92 Å². The number of rotatable bonds is 9. The van der Waals surface area contributed by atoms with E-state index in [0.717, 1.165) is 18.4 Å². The van der Waals surface area contributed by atoms with Crippen molar-refractivity contribution in [3.8, 4) is 11.5 Å². The average Bonchev–Trinajstić information content (AvgIpc) is 3.53. The van der Waals surface area contributed by atoms with Gasteiger partial charge in [-0.05, 0) is 37.5 Å². The van der Waals surface area contributed by atoms with Gasteiger partial charge in [-0.1, -0.05) is 12.1 Å². The van der Waals surface area contributed by atoms with Crippen molar-refractivity contribution < 1.29 is 22.4 Å². The van der Waals surface area contributed by atoms with E-state index in [4.69, 9.17) is 4.42 Å². The van der Waals surface area contributed by atoms with E-state index in [1.165, 1.54) is 24.5 Å². The van der Waals surface area contributed by atoms with Crippen molar-refractivity contribution in [3.05, 3.63) is 53.9 Å². The monoisotopic (exact) mass is 446 g/mol. The number of nitrogens with zero attached hydrogens (tertiary/aromatic N) is 5. The van der Waals surface area contributed by atoms with E-state index in [-0.39, 0.29) is 35.0 Å². The zero-order chi connectivity index (χ0) is 22.7. The van der Waals surface area contributed by atoms with Gasteiger partial charge in [-0.15, -0.1) is 10.2 Å². The lowest BCUT2D eigenvalue weighted by atomic mass is 10.1. The summed E-state index contributed by atoms with van der Waals surface area (Å²) in [4.78, 5) is 22.8. The minimum Gasteiger partial charge on any atom is -0.415 e. The van der Waals surface area contributed by atoms with Crippen molar-refractivity contribution in [2.45, 2.75) is 32.2 Å². The van der Waals surface area contributed by atoms with E-state index >= 15 is 0 Å². The molecule has 0 bridgehead atoms. The van der Waals surface area contributed by atoms with Crippen LogP contribution in [-0.4, -0.2) is 44.1 Å². The van der Waals surface area contributed by atoms with Crippen LogP contribution in [-0.2, 0) is 4.79 Å². The largest absolute Gasteiger partial charge is 0.415 e. The molecule has 0 radical (unpaired) electrons. The molecule has 1 fully saturated rings. The standard InChI is InChI=1S/C21H21F3N6O2/c1-2-30(20(31)13-3-4-13)11-16(12-5-7-15(22)8-6-12)27-21-25-9-14(10-26-21)18-28-29-19(32-18)17(23)24/h5-10,13,16-17H,2-4,11H2,1H3,(H,25,26,27). The van der Waals surface area contributed by atoms with Gasteiger partial charge >= 0.3 is 6.43 Å². The molecular weight excluding hydrogens is 425 g/mol. The maximum absolute atomic E-state index is 13.4. The van der Waals surface area contributed by atoms with E-state index in [1.807, 2.05) is 6.92 Å². The molecule has 1 aromatic carbocycles. The number of nitrogens with one attached hydrogen (secondary N) is 1. The Bertz CT molecular complexity index is 1050. The summed E-state index contributed by atoms with van der Waals surface area (Å²) in [5.74, 6) is -0.840. The van der Waals surface area contributed by atoms with Gasteiger partial charge < -0.3 is 14.6 Å². The molecule has 2 aromatic heterocycles. The fraction of sp³-hybridized carbons (Fsp3) is 0.381. The van der Waals surface area contributed by atoms with Crippen molar-refractivity contribution in [1.29, 1.82) is 0 Å². The second kappa shape index (κ2) is 9.33. The molecule has 4 rings (SSSR count). The number of alkyl halides is 2. The molecule has 1 amide bonds. The molecule has 1 aliphatic carbocycles. The van der Waals surface area contributed by atoms with Gasteiger partial charge in [0.25, 0.3) is 11.8 Å². The fourth-order valence-electron chi connectivity index (χ4n) is 3.22. The molecule has 32 heavy (non-hydrogen) atoms. The van der Waals surface area contributed by atoms with E-state index in [9.17, 15) is 18.0 Å². The van der Waals surface area contributed by atoms with Gasteiger partial charge in [-0.3, -0.25) is 4.79 Å². The number of benzene rings is 1. The van der Waals surface area contributed by atoms with Crippen LogP contribution in [0.2, 0.25) is 0 Å². The normalized spacial score (nSPS) is 14.4. The van der Waals surface area contributed by atoms with Crippen molar-refractivity contribution >= 4 is 11.9 Å². The fourth-order valence-corrected chi connectivity index (χ4v) is 3.22. The number of hydrogen-bond acceptors (Lipinski definition) is 7. The van der Waals surface area contributed by atoms with Gasteiger partial charge in [0.05, 0.1) is 11.6 Å². The van der Waals surface area contributed by atoms with Crippen LogP contribution in [0.3, 0.4) is 0 Å². The minimum absolute atomic E-state index is 0.0758. The van der Waals surface area contributed by atoms with Crippen LogP contribution in [0.15, 0.2) is 41.1 Å². The lowest BCUT2D eigenvalue weighted by Gasteiger charge is -2.28. The van der Waals surface area contributed by atoms with Gasteiger partial charge in [0.1, 0.15) is 5.82 Å². The van der Waals surface area contributed by atoms with Crippen LogP contribution >= 0.6 is 0 Å². The molecule has 1 atom stereocenters. The summed E-state index contributed by atoms with van der Waals surface area (Å²) < 4.78 is 43.6. The summed E-state index contributed by atoms with van der Waals surface area (Å²) in [6.45, 7) is 2.80. The highest BCUT2D eigenvalue weighted by Crippen LogP contribution is 2.32. The topological polar surface area (TPSA) is 97.0 Å². The van der Waals surface area contributed by atoms with Crippen LogP contribution in [0.25, 0.3) is 11.5 Å². The lowest BCUT2D eigenvalue weighted by molar-refractivity contribution is -0.132. The molecule has 0 saturated heterocycles. The Hall–Kier alpha value is -3.50. The number of aromatic nitrogens is 4. The van der Waals surface area contributed by atoms with E-state index in [2.05, 4.69) is 25.5 Å². The maximum Gasteiger partial charge on any atom is 0.314 e. The van der Waals surface area contributed by atoms with Gasteiger partial charge in [-0.25, -0.2) is 14.4 Å². The Labute approximate surface area is 181 Å². The Morgan fingerprint density at radius 3 is 2.44 bits per heavy atom. The van der Waals surface area contributed by atoms with E-state index in [1.54, 1.807) is 17.0 Å². The Balaban J connectivity index is 1.53. The first-order valence-corrected chi connectivity index (χ1v) is 10.2. The smallest absolute Gasteiger partial charge is 0.314 e. The van der Waals surface area contributed by atoms with Crippen LogP contribution in [0.5, 0.6) is 0 Å². The molecule has 0 spiro atoms. The molecule has 11 heteroatoms. The van der Waals surface area contributed by atoms with Crippen LogP contribution < -0.4 is 5.32 Å². The number of carbonyl (C=O) groups is 1. The summed E-state index contributed by atoms with van der Waals surface area (Å²) in [6, 6.07) is 5.59. The SMILES string of the molecule is CCN(CC(Nc1ncc(-c2nnc(C(F)F)o2)cn1)c1ccc(F)cc1)C(=O)C1CC1. The number of hydrogen-bond donors (Lipinski definition) is 1. The molecule has 2 heterocycles. The maximum atomic E-state index is 13.4. The second-order valence-corrected chi connectivity index (χ2v) is 7.44. The third kappa shape index (κ3) is 5.04. The highest BCUT2D eigenvalue weighted by Gasteiger charge is 2.34. The molecule has 1 unspecified atom stereocenters. The molecule has 3 aromatic rings. The summed E-state index contributed by atoms with van der Waals surface area (Å²) in [5, 5.41) is 10.0. The highest BCUT2D eigenvalue weighted by molar-refractivity contribution is 5.81.